The fraction of sp³-hybridized carbons (Fsp3) is 0.204. The van der Waals surface area contributed by atoms with Gasteiger partial charge in [-0.05, 0) is 63.2 Å². The third kappa shape index (κ3) is 9.34. The van der Waals surface area contributed by atoms with Crippen molar-refractivity contribution in [2.24, 2.45) is 5.92 Å². The summed E-state index contributed by atoms with van der Waals surface area (Å²) in [6, 6.07) is 53.2. The number of aromatic nitrogens is 2. The zero-order valence-corrected chi connectivity index (χ0v) is 31.9. The van der Waals surface area contributed by atoms with Gasteiger partial charge in [-0.1, -0.05) is 140 Å². The van der Waals surface area contributed by atoms with E-state index in [1.165, 1.54) is 17.3 Å². The standard InChI is InChI=1S/C49H46N4O4/c1-34-46(32-53(30-35-12-4-2-5-13-35)31-36-14-6-3-7-15-36)56-49(57-47(34)39-24-22-37(33-54)23-25-39)42-19-11-18-41(27-42)40-17-10-16-38(26-40)28-51-48(55)45-29-50-43-20-8-9-21-44(43)52-45/h2-27,29,34,46-47,49,54H,28,30-33H2,1H3,(H,51,55)/t34-,46+,47+,49+/m1/s1. The number of carbonyl (C=O) groups excluding carboxylic acids is 1. The number of aliphatic hydroxyl groups excluding tert-OH is 1. The molecule has 8 nitrogen and oxygen atoms in total. The number of nitrogens with zero attached hydrogens (tertiary/aromatic N) is 3. The second kappa shape index (κ2) is 17.8. The van der Waals surface area contributed by atoms with Crippen LogP contribution in [0.25, 0.3) is 22.2 Å². The number of fused-ring (bicyclic) bond motifs is 1. The van der Waals surface area contributed by atoms with Crippen molar-refractivity contribution in [2.45, 2.75) is 51.7 Å². The van der Waals surface area contributed by atoms with Crippen molar-refractivity contribution in [3.05, 3.63) is 203 Å². The van der Waals surface area contributed by atoms with E-state index in [0.29, 0.717) is 18.6 Å². The summed E-state index contributed by atoms with van der Waals surface area (Å²) in [5.74, 6) is -0.242. The van der Waals surface area contributed by atoms with E-state index in [4.69, 9.17) is 9.47 Å². The Morgan fingerprint density at radius 2 is 1.30 bits per heavy atom. The zero-order valence-electron chi connectivity index (χ0n) is 31.9. The van der Waals surface area contributed by atoms with E-state index < -0.39 is 6.29 Å². The summed E-state index contributed by atoms with van der Waals surface area (Å²) in [4.78, 5) is 24.4. The Kier molecular flexibility index (Phi) is 11.8. The normalized spacial score (nSPS) is 18.1. The largest absolute Gasteiger partial charge is 0.392 e. The van der Waals surface area contributed by atoms with E-state index in [1.54, 1.807) is 0 Å². The maximum atomic E-state index is 13.0. The molecule has 1 saturated heterocycles. The molecular weight excluding hydrogens is 709 g/mol. The first-order valence-electron chi connectivity index (χ1n) is 19.5. The Morgan fingerprint density at radius 3 is 2.00 bits per heavy atom. The van der Waals surface area contributed by atoms with Gasteiger partial charge < -0.3 is 19.9 Å². The molecule has 1 fully saturated rings. The van der Waals surface area contributed by atoms with Gasteiger partial charge in [-0.3, -0.25) is 14.7 Å². The van der Waals surface area contributed by atoms with Crippen LogP contribution in [0.2, 0.25) is 0 Å². The van der Waals surface area contributed by atoms with Crippen LogP contribution in [0.15, 0.2) is 164 Å². The van der Waals surface area contributed by atoms with E-state index >= 15 is 0 Å². The van der Waals surface area contributed by atoms with E-state index in [1.807, 2.05) is 54.6 Å². The highest BCUT2D eigenvalue weighted by atomic mass is 16.7. The van der Waals surface area contributed by atoms with Crippen LogP contribution in [0, 0.1) is 5.92 Å². The third-order valence-electron chi connectivity index (χ3n) is 10.6. The predicted octanol–water partition coefficient (Wildman–Crippen LogP) is 9.21. The number of amides is 1. The van der Waals surface area contributed by atoms with Crippen molar-refractivity contribution in [1.29, 1.82) is 0 Å². The minimum Gasteiger partial charge on any atom is -0.392 e. The molecule has 6 aromatic carbocycles. The van der Waals surface area contributed by atoms with Gasteiger partial charge >= 0.3 is 0 Å². The first-order chi connectivity index (χ1) is 28.0. The van der Waals surface area contributed by atoms with Gasteiger partial charge in [0.25, 0.3) is 5.91 Å². The summed E-state index contributed by atoms with van der Waals surface area (Å²) in [6.45, 7) is 4.81. The summed E-state index contributed by atoms with van der Waals surface area (Å²) in [5, 5.41) is 12.8. The number of hydrogen-bond acceptors (Lipinski definition) is 7. The molecule has 0 saturated carbocycles. The van der Waals surface area contributed by atoms with E-state index in [9.17, 15) is 9.90 Å². The molecule has 2 heterocycles. The van der Waals surface area contributed by atoms with Gasteiger partial charge in [0, 0.05) is 37.7 Å². The first-order valence-corrected chi connectivity index (χ1v) is 19.5. The minimum absolute atomic E-state index is 0.0108. The number of aliphatic hydroxyl groups is 1. The highest BCUT2D eigenvalue weighted by Crippen LogP contribution is 2.42. The van der Waals surface area contributed by atoms with Crippen LogP contribution in [-0.2, 0) is 35.7 Å². The molecule has 1 amide bonds. The predicted molar refractivity (Wildman–Crippen MR) is 223 cm³/mol. The van der Waals surface area contributed by atoms with Gasteiger partial charge in [0.15, 0.2) is 6.29 Å². The smallest absolute Gasteiger partial charge is 0.271 e. The number of nitrogens with one attached hydrogen (secondary N) is 1. The molecular formula is C49H46N4O4. The molecule has 286 valence electrons. The molecule has 4 atom stereocenters. The summed E-state index contributed by atoms with van der Waals surface area (Å²) >= 11 is 0. The van der Waals surface area contributed by atoms with Crippen molar-refractivity contribution < 1.29 is 19.4 Å². The van der Waals surface area contributed by atoms with Gasteiger partial charge in [-0.2, -0.15) is 0 Å². The Morgan fingerprint density at radius 1 is 0.667 bits per heavy atom. The number of para-hydroxylation sites is 2. The summed E-state index contributed by atoms with van der Waals surface area (Å²) in [7, 11) is 0. The fourth-order valence-electron chi connectivity index (χ4n) is 7.52. The Labute approximate surface area is 333 Å². The van der Waals surface area contributed by atoms with Gasteiger partial charge in [-0.25, -0.2) is 4.98 Å². The maximum absolute atomic E-state index is 13.0. The quantitative estimate of drug-likeness (QED) is 0.121. The van der Waals surface area contributed by atoms with Crippen LogP contribution in [0.5, 0.6) is 0 Å². The Hall–Kier alpha value is -6.03. The van der Waals surface area contributed by atoms with E-state index in [2.05, 4.69) is 130 Å². The van der Waals surface area contributed by atoms with Gasteiger partial charge in [0.1, 0.15) is 5.69 Å². The zero-order chi connectivity index (χ0) is 39.0. The molecule has 2 N–H and O–H groups in total. The Bertz CT molecular complexity index is 2370. The average Bonchev–Trinajstić information content (AvgIpc) is 3.27. The molecule has 8 heteroatoms. The van der Waals surface area contributed by atoms with Crippen molar-refractivity contribution in [1.82, 2.24) is 20.2 Å². The lowest BCUT2D eigenvalue weighted by atomic mass is 9.89. The van der Waals surface area contributed by atoms with Crippen LogP contribution in [0.1, 0.15) is 63.2 Å². The van der Waals surface area contributed by atoms with Crippen LogP contribution in [-0.4, -0.2) is 38.5 Å². The second-order valence-corrected chi connectivity index (χ2v) is 14.7. The minimum atomic E-state index is -0.616. The summed E-state index contributed by atoms with van der Waals surface area (Å²) in [6.07, 6.45) is 0.509. The average molecular weight is 755 g/mol. The highest BCUT2D eigenvalue weighted by Gasteiger charge is 2.39. The number of rotatable bonds is 13. The fourth-order valence-corrected chi connectivity index (χ4v) is 7.52. The summed E-state index contributed by atoms with van der Waals surface area (Å²) < 4.78 is 13.9. The number of hydrogen-bond donors (Lipinski definition) is 2. The molecule has 8 rings (SSSR count). The lowest BCUT2D eigenvalue weighted by Gasteiger charge is -2.43. The maximum Gasteiger partial charge on any atom is 0.271 e. The SMILES string of the molecule is C[C@@H]1[C@H](CN(Cc2ccccc2)Cc2ccccc2)O[C@H](c2cccc(-c3cccc(CNC(=O)c4cnc5ccccc5n4)c3)c2)O[C@@H]1c1ccc(CO)cc1. The second-order valence-electron chi connectivity index (χ2n) is 14.7. The summed E-state index contributed by atoms with van der Waals surface area (Å²) in [5.41, 5.74) is 10.0. The van der Waals surface area contributed by atoms with Crippen LogP contribution >= 0.6 is 0 Å². The molecule has 1 aliphatic heterocycles. The molecule has 57 heavy (non-hydrogen) atoms. The number of carbonyl (C=O) groups is 1. The van der Waals surface area contributed by atoms with Crippen LogP contribution in [0.4, 0.5) is 0 Å². The highest BCUT2D eigenvalue weighted by molar-refractivity contribution is 5.93. The molecule has 0 spiro atoms. The molecule has 0 bridgehead atoms. The van der Waals surface area contributed by atoms with Gasteiger partial charge in [0.05, 0.1) is 36.0 Å². The topological polar surface area (TPSA) is 96.8 Å². The van der Waals surface area contributed by atoms with Crippen LogP contribution in [0.3, 0.4) is 0 Å². The lowest BCUT2D eigenvalue weighted by Crippen LogP contribution is -2.44. The molecule has 0 unspecified atom stereocenters. The molecule has 0 aliphatic carbocycles. The van der Waals surface area contributed by atoms with Crippen molar-refractivity contribution in [3.63, 3.8) is 0 Å². The number of ether oxygens (including phenoxy) is 2. The molecule has 7 aromatic rings. The van der Waals surface area contributed by atoms with E-state index in [0.717, 1.165) is 52.0 Å². The lowest BCUT2D eigenvalue weighted by molar-refractivity contribution is -0.276. The third-order valence-corrected chi connectivity index (χ3v) is 10.6. The Balaban J connectivity index is 1.04. The van der Waals surface area contributed by atoms with Crippen LogP contribution < -0.4 is 5.32 Å². The molecule has 1 aliphatic rings. The van der Waals surface area contributed by atoms with Crippen molar-refractivity contribution in [3.8, 4) is 11.1 Å². The van der Waals surface area contributed by atoms with E-state index in [-0.39, 0.29) is 36.3 Å². The number of benzene rings is 6. The van der Waals surface area contributed by atoms with Crippen molar-refractivity contribution in [2.75, 3.05) is 6.54 Å². The first kappa shape index (κ1) is 37.9. The molecule has 0 radical (unpaired) electrons. The van der Waals surface area contributed by atoms with Gasteiger partial charge in [-0.15, -0.1) is 0 Å². The molecule has 1 aromatic heterocycles. The monoisotopic (exact) mass is 754 g/mol. The van der Waals surface area contributed by atoms with Gasteiger partial charge in [0.2, 0.25) is 0 Å². The van der Waals surface area contributed by atoms with Crippen molar-refractivity contribution >= 4 is 16.9 Å².